The second-order valence-corrected chi connectivity index (χ2v) is 3.08. The van der Waals surface area contributed by atoms with Gasteiger partial charge in [-0.3, -0.25) is 0 Å². The Balaban J connectivity index is 3.15. The molecule has 0 aromatic rings. The number of hydrogen-bond donors (Lipinski definition) is 0. The molecule has 0 N–H and O–H groups in total. The lowest BCUT2D eigenvalue weighted by Crippen LogP contribution is -2.08. The van der Waals surface area contributed by atoms with E-state index in [-0.39, 0.29) is 4.87 Å². The first-order chi connectivity index (χ1) is 3.06. The Morgan fingerprint density at radius 1 is 1.71 bits per heavy atom. The Morgan fingerprint density at radius 2 is 2.14 bits per heavy atom. The molecule has 1 unspecified atom stereocenters. The van der Waals surface area contributed by atoms with Crippen molar-refractivity contribution in [3.63, 3.8) is 0 Å². The molecule has 1 heteroatoms. The standard InChI is InChI=1S/C6H12Cl/c1-4-5-6(2,3)7/h2,4-5H2,1,3H3. The fraction of sp³-hybridized carbons (Fsp3) is 0.833. The maximum atomic E-state index is 5.72. The van der Waals surface area contributed by atoms with Crippen LogP contribution in [-0.2, 0) is 0 Å². The molecule has 0 amide bonds. The second kappa shape index (κ2) is 2.56. The summed E-state index contributed by atoms with van der Waals surface area (Å²) in [5.74, 6) is 0. The summed E-state index contributed by atoms with van der Waals surface area (Å²) in [7, 11) is 0. The summed E-state index contributed by atoms with van der Waals surface area (Å²) in [5, 5.41) is 0. The van der Waals surface area contributed by atoms with Gasteiger partial charge in [-0.05, 0) is 20.3 Å². The molecule has 0 aliphatic rings. The third kappa shape index (κ3) is 6.29. The van der Waals surface area contributed by atoms with Gasteiger partial charge in [-0.1, -0.05) is 13.3 Å². The summed E-state index contributed by atoms with van der Waals surface area (Å²) in [6.07, 6.45) is 2.11. The first kappa shape index (κ1) is 7.29. The molecule has 0 bridgehead atoms. The van der Waals surface area contributed by atoms with Gasteiger partial charge in [0, 0.05) is 4.87 Å². The molecule has 1 atom stereocenters. The Kier molecular flexibility index (Phi) is 2.67. The van der Waals surface area contributed by atoms with Crippen LogP contribution in [0.5, 0.6) is 0 Å². The van der Waals surface area contributed by atoms with E-state index in [1.807, 2.05) is 6.92 Å². The average molecular weight is 120 g/mol. The van der Waals surface area contributed by atoms with E-state index in [2.05, 4.69) is 13.8 Å². The highest BCUT2D eigenvalue weighted by Crippen LogP contribution is 2.17. The maximum Gasteiger partial charge on any atom is 0.0419 e. The molecule has 7 heavy (non-hydrogen) atoms. The van der Waals surface area contributed by atoms with Crippen molar-refractivity contribution in [2.45, 2.75) is 31.6 Å². The normalized spacial score (nSPS) is 12.0. The summed E-state index contributed by atoms with van der Waals surface area (Å²) in [5.41, 5.74) is 0. The Labute approximate surface area is 50.9 Å². The maximum absolute atomic E-state index is 5.72. The van der Waals surface area contributed by atoms with Crippen LogP contribution in [0.1, 0.15) is 26.7 Å². The van der Waals surface area contributed by atoms with Crippen LogP contribution in [0.15, 0.2) is 0 Å². The van der Waals surface area contributed by atoms with Crippen molar-refractivity contribution in [3.8, 4) is 0 Å². The van der Waals surface area contributed by atoms with Gasteiger partial charge < -0.3 is 0 Å². The molecule has 0 aliphatic heterocycles. The smallest absolute Gasteiger partial charge is 0.0419 e. The van der Waals surface area contributed by atoms with Crippen LogP contribution in [0.4, 0.5) is 0 Å². The Bertz CT molecular complexity index is 42.6. The van der Waals surface area contributed by atoms with Gasteiger partial charge in [0.15, 0.2) is 0 Å². The van der Waals surface area contributed by atoms with E-state index in [1.165, 1.54) is 0 Å². The van der Waals surface area contributed by atoms with Crippen LogP contribution >= 0.6 is 11.6 Å². The highest BCUT2D eigenvalue weighted by atomic mass is 35.5. The molecule has 0 fully saturated rings. The van der Waals surface area contributed by atoms with E-state index < -0.39 is 0 Å². The summed E-state index contributed by atoms with van der Waals surface area (Å²) < 4.78 is 0. The lowest BCUT2D eigenvalue weighted by Gasteiger charge is -2.11. The SMILES string of the molecule is [CH2]C(C)(Cl)CCC. The lowest BCUT2D eigenvalue weighted by molar-refractivity contribution is 0.667. The highest BCUT2D eigenvalue weighted by molar-refractivity contribution is 6.24. The fourth-order valence-electron chi connectivity index (χ4n) is 0.521. The minimum Gasteiger partial charge on any atom is -0.120 e. The predicted molar refractivity (Wildman–Crippen MR) is 34.5 cm³/mol. The van der Waals surface area contributed by atoms with Gasteiger partial charge >= 0.3 is 0 Å². The molecule has 0 heterocycles. The van der Waals surface area contributed by atoms with Crippen LogP contribution in [-0.4, -0.2) is 4.87 Å². The molecular weight excluding hydrogens is 108 g/mol. The molecule has 0 aliphatic carbocycles. The molecule has 0 aromatic heterocycles. The van der Waals surface area contributed by atoms with Gasteiger partial charge in [0.25, 0.3) is 0 Å². The largest absolute Gasteiger partial charge is 0.120 e. The van der Waals surface area contributed by atoms with Gasteiger partial charge in [0.1, 0.15) is 0 Å². The molecule has 0 rings (SSSR count). The van der Waals surface area contributed by atoms with Crippen molar-refractivity contribution in [1.29, 1.82) is 0 Å². The van der Waals surface area contributed by atoms with E-state index in [9.17, 15) is 0 Å². The van der Waals surface area contributed by atoms with Crippen molar-refractivity contribution >= 4 is 11.6 Å². The van der Waals surface area contributed by atoms with E-state index in [1.54, 1.807) is 0 Å². The molecule has 1 radical (unpaired) electrons. The van der Waals surface area contributed by atoms with Crippen LogP contribution in [0.3, 0.4) is 0 Å². The van der Waals surface area contributed by atoms with E-state index in [0.717, 1.165) is 12.8 Å². The first-order valence-electron chi connectivity index (χ1n) is 2.60. The third-order valence-electron chi connectivity index (χ3n) is 0.771. The zero-order valence-electron chi connectivity index (χ0n) is 5.00. The first-order valence-corrected chi connectivity index (χ1v) is 2.98. The zero-order chi connectivity index (χ0) is 5.91. The monoisotopic (exact) mass is 119 g/mol. The van der Waals surface area contributed by atoms with Crippen molar-refractivity contribution in [2.24, 2.45) is 0 Å². The Morgan fingerprint density at radius 3 is 2.14 bits per heavy atom. The molecule has 43 valence electrons. The zero-order valence-corrected chi connectivity index (χ0v) is 5.76. The number of hydrogen-bond acceptors (Lipinski definition) is 0. The molecule has 0 nitrogen and oxygen atoms in total. The summed E-state index contributed by atoms with van der Waals surface area (Å²) >= 11 is 5.72. The molecular formula is C6H12Cl. The molecule has 0 aromatic carbocycles. The number of rotatable bonds is 2. The minimum absolute atomic E-state index is 0.227. The van der Waals surface area contributed by atoms with Crippen molar-refractivity contribution in [3.05, 3.63) is 6.92 Å². The average Bonchev–Trinajstić information content (AvgIpc) is 1.30. The fourth-order valence-corrected chi connectivity index (χ4v) is 0.710. The second-order valence-electron chi connectivity index (χ2n) is 2.16. The predicted octanol–water partition coefficient (Wildman–Crippen LogP) is 2.62. The number of alkyl halides is 1. The van der Waals surface area contributed by atoms with Gasteiger partial charge in [0.2, 0.25) is 0 Å². The van der Waals surface area contributed by atoms with Gasteiger partial charge in [-0.25, -0.2) is 0 Å². The van der Waals surface area contributed by atoms with Gasteiger partial charge in [-0.15, -0.1) is 11.6 Å². The van der Waals surface area contributed by atoms with Crippen LogP contribution in [0, 0.1) is 6.92 Å². The summed E-state index contributed by atoms with van der Waals surface area (Å²) in [6.45, 7) is 7.76. The van der Waals surface area contributed by atoms with Crippen molar-refractivity contribution < 1.29 is 0 Å². The third-order valence-corrected chi connectivity index (χ3v) is 0.960. The van der Waals surface area contributed by atoms with Crippen LogP contribution in [0.25, 0.3) is 0 Å². The van der Waals surface area contributed by atoms with E-state index in [4.69, 9.17) is 11.6 Å². The van der Waals surface area contributed by atoms with Gasteiger partial charge in [-0.2, -0.15) is 0 Å². The lowest BCUT2D eigenvalue weighted by atomic mass is 10.1. The quantitative estimate of drug-likeness (QED) is 0.491. The topological polar surface area (TPSA) is 0 Å². The Hall–Kier alpha value is 0.290. The van der Waals surface area contributed by atoms with Crippen molar-refractivity contribution in [1.82, 2.24) is 0 Å². The van der Waals surface area contributed by atoms with Crippen LogP contribution < -0.4 is 0 Å². The summed E-state index contributed by atoms with van der Waals surface area (Å²) in [6, 6.07) is 0. The molecule has 0 saturated heterocycles. The highest BCUT2D eigenvalue weighted by Gasteiger charge is 2.09. The molecule has 0 saturated carbocycles. The molecule has 0 spiro atoms. The van der Waals surface area contributed by atoms with Crippen LogP contribution in [0.2, 0.25) is 0 Å². The van der Waals surface area contributed by atoms with Gasteiger partial charge in [0.05, 0.1) is 0 Å². The minimum atomic E-state index is -0.227. The summed E-state index contributed by atoms with van der Waals surface area (Å²) in [4.78, 5) is -0.227. The number of halogens is 1. The van der Waals surface area contributed by atoms with Crippen molar-refractivity contribution in [2.75, 3.05) is 0 Å². The van der Waals surface area contributed by atoms with E-state index >= 15 is 0 Å². The van der Waals surface area contributed by atoms with E-state index in [0.29, 0.717) is 0 Å².